The van der Waals surface area contributed by atoms with Gasteiger partial charge in [-0.1, -0.05) is 226 Å². The van der Waals surface area contributed by atoms with Gasteiger partial charge < -0.3 is 4.90 Å². The van der Waals surface area contributed by atoms with E-state index in [-0.39, 0.29) is 5.41 Å². The Kier molecular flexibility index (Phi) is 9.14. The van der Waals surface area contributed by atoms with Gasteiger partial charge in [0.2, 0.25) is 0 Å². The molecule has 0 saturated heterocycles. The number of hydrogen-bond acceptors (Lipinski definition) is 1. The largest absolute Gasteiger partial charge is 0.310 e. The Morgan fingerprint density at radius 2 is 0.723 bits per heavy atom. The van der Waals surface area contributed by atoms with Gasteiger partial charge in [0.1, 0.15) is 0 Å². The molecule has 0 bridgehead atoms. The molecule has 0 N–H and O–H groups in total. The molecule has 65 heavy (non-hydrogen) atoms. The van der Waals surface area contributed by atoms with Crippen molar-refractivity contribution in [2.24, 2.45) is 0 Å². The van der Waals surface area contributed by atoms with Gasteiger partial charge in [-0.2, -0.15) is 0 Å². The Labute approximate surface area is 382 Å². The third kappa shape index (κ3) is 6.15. The van der Waals surface area contributed by atoms with Crippen molar-refractivity contribution >= 4 is 17.1 Å². The number of fused-ring (bicyclic) bond motifs is 6. The van der Waals surface area contributed by atoms with E-state index in [2.05, 4.69) is 267 Å². The minimum Gasteiger partial charge on any atom is -0.310 e. The Morgan fingerprint density at radius 3 is 1.34 bits per heavy atom. The first-order valence-electron chi connectivity index (χ1n) is 22.8. The van der Waals surface area contributed by atoms with Crippen molar-refractivity contribution in [3.05, 3.63) is 282 Å². The summed E-state index contributed by atoms with van der Waals surface area (Å²) in [6.45, 7) is 4.72. The normalized spacial score (nSPS) is 15.1. The molecule has 308 valence electrons. The molecule has 0 radical (unpaired) electrons. The molecule has 0 aliphatic heterocycles. The summed E-state index contributed by atoms with van der Waals surface area (Å²) >= 11 is 0. The second-order valence-corrected chi connectivity index (χ2v) is 18.0. The molecule has 1 heteroatoms. The van der Waals surface area contributed by atoms with Gasteiger partial charge in [-0.25, -0.2) is 0 Å². The second kappa shape index (κ2) is 15.4. The summed E-state index contributed by atoms with van der Waals surface area (Å²) in [5.74, 6) is 0. The number of benzene rings is 10. The highest BCUT2D eigenvalue weighted by Crippen LogP contribution is 2.58. The van der Waals surface area contributed by atoms with Crippen LogP contribution in [0.15, 0.2) is 249 Å². The molecule has 0 heterocycles. The third-order valence-corrected chi connectivity index (χ3v) is 14.2. The fourth-order valence-electron chi connectivity index (χ4n) is 11.1. The maximum absolute atomic E-state index is 2.46. The molecule has 0 aromatic heterocycles. The van der Waals surface area contributed by atoms with Crippen LogP contribution in [-0.4, -0.2) is 0 Å². The summed E-state index contributed by atoms with van der Waals surface area (Å²) in [4.78, 5) is 2.45. The Hall–Kier alpha value is -8.00. The quantitative estimate of drug-likeness (QED) is 0.147. The molecule has 2 aliphatic rings. The van der Waals surface area contributed by atoms with E-state index in [1.807, 2.05) is 0 Å². The summed E-state index contributed by atoms with van der Waals surface area (Å²) in [6, 6.07) is 91.9. The first-order chi connectivity index (χ1) is 32.0. The van der Waals surface area contributed by atoms with Crippen LogP contribution in [0.3, 0.4) is 0 Å². The van der Waals surface area contributed by atoms with E-state index in [0.29, 0.717) is 0 Å². The molecule has 2 aliphatic carbocycles. The van der Waals surface area contributed by atoms with E-state index in [0.717, 1.165) is 11.4 Å². The lowest BCUT2D eigenvalue weighted by atomic mass is 9.67. The van der Waals surface area contributed by atoms with E-state index >= 15 is 0 Å². The zero-order valence-corrected chi connectivity index (χ0v) is 36.6. The topological polar surface area (TPSA) is 3.24 Å². The maximum Gasteiger partial charge on any atom is 0.0713 e. The first-order valence-corrected chi connectivity index (χ1v) is 22.8. The fraction of sp³-hybridized carbons (Fsp3) is 0.0625. The van der Waals surface area contributed by atoms with Gasteiger partial charge in [0, 0.05) is 22.4 Å². The van der Waals surface area contributed by atoms with Crippen LogP contribution in [0, 0.1) is 0 Å². The van der Waals surface area contributed by atoms with E-state index in [9.17, 15) is 0 Å². The first kappa shape index (κ1) is 38.7. The van der Waals surface area contributed by atoms with Gasteiger partial charge in [-0.05, 0) is 120 Å². The van der Waals surface area contributed by atoms with Crippen LogP contribution in [-0.2, 0) is 10.8 Å². The van der Waals surface area contributed by atoms with Gasteiger partial charge in [-0.3, -0.25) is 0 Å². The lowest BCUT2D eigenvalue weighted by Crippen LogP contribution is -2.28. The van der Waals surface area contributed by atoms with Gasteiger partial charge in [0.15, 0.2) is 0 Å². The van der Waals surface area contributed by atoms with Crippen molar-refractivity contribution in [3.63, 3.8) is 0 Å². The predicted molar refractivity (Wildman–Crippen MR) is 272 cm³/mol. The summed E-state index contributed by atoms with van der Waals surface area (Å²) in [6.07, 6.45) is 0. The standard InChI is InChI=1S/C64H47N/c1-63(2)57-25-14-13-24-56(57)62-59(63)27-16-28-61(62)65(52-38-31-47(32-39-52)45-19-8-4-9-20-45)53-40-33-48(34-41-53)49-35-42-55-54-23-12-15-26-58(54)64(60(55)43-49,50-21-10-5-11-22-50)51-36-29-46(30-37-51)44-17-6-3-7-18-44/h3-43H,1-2H3. The fourth-order valence-corrected chi connectivity index (χ4v) is 11.1. The molecule has 1 unspecified atom stereocenters. The molecule has 10 aromatic carbocycles. The van der Waals surface area contributed by atoms with Crippen molar-refractivity contribution in [2.75, 3.05) is 4.90 Å². The summed E-state index contributed by atoms with van der Waals surface area (Å²) in [7, 11) is 0. The SMILES string of the molecule is CC1(C)c2ccccc2-c2c(N(c3ccc(-c4ccccc4)cc3)c3ccc(-c4ccc5c(c4)C(c4ccccc4)(c4ccc(-c6ccccc6)cc4)c4ccccc4-5)cc3)cccc21. The van der Waals surface area contributed by atoms with Crippen LogP contribution in [0.2, 0.25) is 0 Å². The molecule has 0 amide bonds. The molecule has 1 nitrogen and oxygen atoms in total. The minimum absolute atomic E-state index is 0.110. The molecule has 10 aromatic rings. The molecule has 1 atom stereocenters. The van der Waals surface area contributed by atoms with Crippen LogP contribution in [0.4, 0.5) is 17.1 Å². The van der Waals surface area contributed by atoms with Gasteiger partial charge in [0.05, 0.1) is 11.1 Å². The van der Waals surface area contributed by atoms with Crippen LogP contribution in [0.25, 0.3) is 55.6 Å². The molecule has 0 saturated carbocycles. The molecular formula is C64H47N. The maximum atomic E-state index is 2.46. The van der Waals surface area contributed by atoms with Crippen molar-refractivity contribution in [1.29, 1.82) is 0 Å². The summed E-state index contributed by atoms with van der Waals surface area (Å²) in [5, 5.41) is 0. The Balaban J connectivity index is 0.996. The zero-order valence-electron chi connectivity index (χ0n) is 36.6. The zero-order chi connectivity index (χ0) is 43.5. The summed E-state index contributed by atoms with van der Waals surface area (Å²) in [5.41, 5.74) is 23.1. The average Bonchev–Trinajstić information content (AvgIpc) is 3.81. The molecule has 0 fully saturated rings. The Bertz CT molecular complexity index is 3350. The lowest BCUT2D eigenvalue weighted by Gasteiger charge is -2.34. The molecule has 0 spiro atoms. The van der Waals surface area contributed by atoms with Crippen molar-refractivity contribution in [1.82, 2.24) is 0 Å². The van der Waals surface area contributed by atoms with Gasteiger partial charge >= 0.3 is 0 Å². The molecular weight excluding hydrogens is 783 g/mol. The smallest absolute Gasteiger partial charge is 0.0713 e. The number of nitrogens with zero attached hydrogens (tertiary/aromatic N) is 1. The predicted octanol–water partition coefficient (Wildman–Crippen LogP) is 16.8. The molecule has 12 rings (SSSR count). The van der Waals surface area contributed by atoms with Crippen LogP contribution in [0.1, 0.15) is 47.2 Å². The Morgan fingerprint density at radius 1 is 0.292 bits per heavy atom. The van der Waals surface area contributed by atoms with Gasteiger partial charge in [0.25, 0.3) is 0 Å². The second-order valence-electron chi connectivity index (χ2n) is 18.0. The highest BCUT2D eigenvalue weighted by atomic mass is 15.1. The number of hydrogen-bond donors (Lipinski definition) is 0. The number of anilines is 3. The summed E-state index contributed by atoms with van der Waals surface area (Å²) < 4.78 is 0. The van der Waals surface area contributed by atoms with Crippen LogP contribution >= 0.6 is 0 Å². The van der Waals surface area contributed by atoms with Crippen molar-refractivity contribution in [2.45, 2.75) is 24.7 Å². The number of rotatable bonds is 8. The van der Waals surface area contributed by atoms with Gasteiger partial charge in [-0.15, -0.1) is 0 Å². The van der Waals surface area contributed by atoms with E-state index in [1.165, 1.54) is 94.7 Å². The monoisotopic (exact) mass is 829 g/mol. The highest BCUT2D eigenvalue weighted by molar-refractivity contribution is 5.96. The van der Waals surface area contributed by atoms with E-state index in [1.54, 1.807) is 0 Å². The van der Waals surface area contributed by atoms with Crippen molar-refractivity contribution in [3.8, 4) is 55.6 Å². The minimum atomic E-state index is -0.501. The third-order valence-electron chi connectivity index (χ3n) is 14.2. The van der Waals surface area contributed by atoms with Crippen LogP contribution in [0.5, 0.6) is 0 Å². The average molecular weight is 830 g/mol. The van der Waals surface area contributed by atoms with E-state index in [4.69, 9.17) is 0 Å². The van der Waals surface area contributed by atoms with E-state index < -0.39 is 5.41 Å². The lowest BCUT2D eigenvalue weighted by molar-refractivity contribution is 0.660. The van der Waals surface area contributed by atoms with Crippen molar-refractivity contribution < 1.29 is 0 Å². The van der Waals surface area contributed by atoms with Crippen LogP contribution < -0.4 is 4.90 Å². The highest BCUT2D eigenvalue weighted by Gasteiger charge is 2.46.